The molecule has 0 atom stereocenters. The minimum Gasteiger partial charge on any atom is -0.288 e. The molecule has 1 aromatic rings. The summed E-state index contributed by atoms with van der Waals surface area (Å²) in [6.45, 7) is 0. The Kier molecular flexibility index (Phi) is 3.71. The summed E-state index contributed by atoms with van der Waals surface area (Å²) in [6, 6.07) is 5.95. The summed E-state index contributed by atoms with van der Waals surface area (Å²) in [5, 5.41) is 0.489. The minimum absolute atomic E-state index is 0.260. The van der Waals surface area contributed by atoms with Crippen molar-refractivity contribution in [3.63, 3.8) is 0 Å². The molecule has 0 aliphatic heterocycles. The Labute approximate surface area is 92.6 Å². The molecule has 0 aromatic heterocycles. The van der Waals surface area contributed by atoms with Gasteiger partial charge in [0, 0.05) is 16.8 Å². The fourth-order valence-electron chi connectivity index (χ4n) is 0.851. The molecule has 3 nitrogen and oxygen atoms in total. The largest absolute Gasteiger partial charge is 0.288 e. The molecule has 15 heavy (non-hydrogen) atoms. The van der Waals surface area contributed by atoms with Crippen LogP contribution in [0.2, 0.25) is 5.02 Å². The zero-order valence-corrected chi connectivity index (χ0v) is 9.44. The van der Waals surface area contributed by atoms with Gasteiger partial charge in [-0.3, -0.25) is 4.72 Å². The van der Waals surface area contributed by atoms with Crippen molar-refractivity contribution in [3.05, 3.63) is 41.1 Å². The lowest BCUT2D eigenvalue weighted by Gasteiger charge is -1.99. The molecule has 1 aromatic carbocycles. The van der Waals surface area contributed by atoms with Crippen molar-refractivity contribution in [2.45, 2.75) is 0 Å². The molecule has 0 aliphatic rings. The molecule has 0 radical (unpaired) electrons. The first kappa shape index (κ1) is 12.0. The van der Waals surface area contributed by atoms with Crippen LogP contribution < -0.4 is 4.72 Å². The number of benzene rings is 1. The summed E-state index contributed by atoms with van der Waals surface area (Å²) in [5.74, 6) is -0.669. The highest BCUT2D eigenvalue weighted by atomic mass is 35.5. The number of nitrogens with one attached hydrogen (secondary N) is 1. The van der Waals surface area contributed by atoms with Crippen molar-refractivity contribution >= 4 is 27.5 Å². The zero-order chi connectivity index (χ0) is 11.5. The number of hydrogen-bond acceptors (Lipinski definition) is 2. The van der Waals surface area contributed by atoms with E-state index in [0.29, 0.717) is 5.02 Å². The van der Waals surface area contributed by atoms with E-state index in [-0.39, 0.29) is 5.56 Å². The van der Waals surface area contributed by atoms with Crippen molar-refractivity contribution in [1.29, 1.82) is 0 Å². The van der Waals surface area contributed by atoms with Gasteiger partial charge in [0.05, 0.1) is 6.26 Å². The lowest BCUT2D eigenvalue weighted by Crippen LogP contribution is -2.15. The van der Waals surface area contributed by atoms with E-state index in [2.05, 4.69) is 0 Å². The lowest BCUT2D eigenvalue weighted by atomic mass is 10.2. The highest BCUT2D eigenvalue weighted by Crippen LogP contribution is 2.17. The summed E-state index contributed by atoms with van der Waals surface area (Å²) in [5.41, 5.74) is 0.260. The summed E-state index contributed by atoms with van der Waals surface area (Å²) < 4.78 is 36.6. The predicted octanol–water partition coefficient (Wildman–Crippen LogP) is 2.16. The second-order valence-corrected chi connectivity index (χ2v) is 5.11. The third-order valence-corrected chi connectivity index (χ3v) is 2.32. The van der Waals surface area contributed by atoms with Crippen LogP contribution in [0.15, 0.2) is 30.5 Å². The van der Waals surface area contributed by atoms with Crippen LogP contribution in [0, 0.1) is 0 Å². The Balaban J connectivity index is 2.85. The highest BCUT2D eigenvalue weighted by molar-refractivity contribution is 7.88. The molecule has 82 valence electrons. The molecule has 0 saturated carbocycles. The van der Waals surface area contributed by atoms with E-state index in [9.17, 15) is 12.8 Å². The Morgan fingerprint density at radius 3 is 2.40 bits per heavy atom. The molecule has 0 spiro atoms. The van der Waals surface area contributed by atoms with E-state index in [1.54, 1.807) is 0 Å². The third kappa shape index (κ3) is 4.31. The number of sulfonamides is 1. The molecule has 6 heteroatoms. The molecular weight excluding hydrogens is 241 g/mol. The summed E-state index contributed by atoms with van der Waals surface area (Å²) in [4.78, 5) is 0. The summed E-state index contributed by atoms with van der Waals surface area (Å²) in [6.07, 6.45) is 1.73. The Bertz CT molecular complexity index is 467. The van der Waals surface area contributed by atoms with Gasteiger partial charge in [0.25, 0.3) is 0 Å². The maximum atomic E-state index is 13.3. The van der Waals surface area contributed by atoms with Gasteiger partial charge < -0.3 is 0 Å². The van der Waals surface area contributed by atoms with Crippen LogP contribution in [0.5, 0.6) is 0 Å². The zero-order valence-electron chi connectivity index (χ0n) is 7.87. The van der Waals surface area contributed by atoms with E-state index in [1.165, 1.54) is 24.3 Å². The Hall–Kier alpha value is -1.07. The quantitative estimate of drug-likeness (QED) is 0.892. The molecule has 0 bridgehead atoms. The fraction of sp³-hybridized carbons (Fsp3) is 0.111. The van der Waals surface area contributed by atoms with Gasteiger partial charge in [-0.05, 0) is 12.1 Å². The topological polar surface area (TPSA) is 46.2 Å². The van der Waals surface area contributed by atoms with Gasteiger partial charge in [0.15, 0.2) is 0 Å². The van der Waals surface area contributed by atoms with Gasteiger partial charge in [-0.15, -0.1) is 0 Å². The molecule has 1 rings (SSSR count). The van der Waals surface area contributed by atoms with Crippen LogP contribution in [0.25, 0.3) is 5.83 Å². The van der Waals surface area contributed by atoms with Gasteiger partial charge in [0.2, 0.25) is 10.0 Å². The highest BCUT2D eigenvalue weighted by Gasteiger charge is 2.02. The second kappa shape index (κ2) is 4.63. The SMILES string of the molecule is CS(=O)(=O)N/C=C(/F)c1ccc(Cl)cc1. The minimum atomic E-state index is -3.43. The molecule has 0 fully saturated rings. The molecule has 0 unspecified atom stereocenters. The van der Waals surface area contributed by atoms with Crippen molar-refractivity contribution < 1.29 is 12.8 Å². The molecule has 0 aliphatic carbocycles. The van der Waals surface area contributed by atoms with Crippen LogP contribution in [0.4, 0.5) is 4.39 Å². The number of rotatable bonds is 3. The van der Waals surface area contributed by atoms with E-state index < -0.39 is 15.9 Å². The first-order valence-electron chi connectivity index (χ1n) is 3.97. The van der Waals surface area contributed by atoms with E-state index in [4.69, 9.17) is 11.6 Å². The monoisotopic (exact) mass is 249 g/mol. The van der Waals surface area contributed by atoms with Gasteiger partial charge >= 0.3 is 0 Å². The van der Waals surface area contributed by atoms with Crippen LogP contribution >= 0.6 is 11.6 Å². The number of halogens is 2. The Morgan fingerprint density at radius 2 is 1.93 bits per heavy atom. The Morgan fingerprint density at radius 1 is 1.40 bits per heavy atom. The predicted molar refractivity (Wildman–Crippen MR) is 58.5 cm³/mol. The molecule has 0 saturated heterocycles. The maximum Gasteiger partial charge on any atom is 0.229 e. The first-order chi connectivity index (χ1) is 6.88. The van der Waals surface area contributed by atoms with Crippen LogP contribution in [0.1, 0.15) is 5.56 Å². The van der Waals surface area contributed by atoms with E-state index >= 15 is 0 Å². The summed E-state index contributed by atoms with van der Waals surface area (Å²) in [7, 11) is -3.43. The molecule has 0 heterocycles. The lowest BCUT2D eigenvalue weighted by molar-refractivity contribution is 0.596. The van der Waals surface area contributed by atoms with Gasteiger partial charge in [0.1, 0.15) is 5.83 Å². The average molecular weight is 250 g/mol. The normalized spacial score (nSPS) is 12.6. The van der Waals surface area contributed by atoms with E-state index in [1.807, 2.05) is 4.72 Å². The van der Waals surface area contributed by atoms with Crippen molar-refractivity contribution in [1.82, 2.24) is 4.72 Å². The second-order valence-electron chi connectivity index (χ2n) is 2.89. The van der Waals surface area contributed by atoms with Gasteiger partial charge in [-0.2, -0.15) is 0 Å². The van der Waals surface area contributed by atoms with Crippen LogP contribution in [-0.2, 0) is 10.0 Å². The molecule has 1 N–H and O–H groups in total. The van der Waals surface area contributed by atoms with Gasteiger partial charge in [-0.1, -0.05) is 23.7 Å². The van der Waals surface area contributed by atoms with Gasteiger partial charge in [-0.25, -0.2) is 12.8 Å². The summed E-state index contributed by atoms with van der Waals surface area (Å²) >= 11 is 5.61. The average Bonchev–Trinajstić information content (AvgIpc) is 2.14. The van der Waals surface area contributed by atoms with Crippen molar-refractivity contribution in [2.24, 2.45) is 0 Å². The van der Waals surface area contributed by atoms with Crippen LogP contribution in [-0.4, -0.2) is 14.7 Å². The smallest absolute Gasteiger partial charge is 0.229 e. The first-order valence-corrected chi connectivity index (χ1v) is 6.24. The van der Waals surface area contributed by atoms with Crippen LogP contribution in [0.3, 0.4) is 0 Å². The van der Waals surface area contributed by atoms with Crippen molar-refractivity contribution in [3.8, 4) is 0 Å². The third-order valence-electron chi connectivity index (χ3n) is 1.52. The standard InChI is InChI=1S/C9H9ClFNO2S/c1-15(13,14)12-6-9(11)7-2-4-8(10)5-3-7/h2-6,12H,1H3/b9-6+. The molecule has 0 amide bonds. The number of hydrogen-bond donors (Lipinski definition) is 1. The van der Waals surface area contributed by atoms with E-state index in [0.717, 1.165) is 12.5 Å². The fourth-order valence-corrected chi connectivity index (χ4v) is 1.29. The maximum absolute atomic E-state index is 13.3. The van der Waals surface area contributed by atoms with Crippen molar-refractivity contribution in [2.75, 3.05) is 6.26 Å². The molecular formula is C9H9ClFNO2S.